The Kier molecular flexibility index (Phi) is 4.70. The molecule has 0 atom stereocenters. The number of rotatable bonds is 5. The van der Waals surface area contributed by atoms with Gasteiger partial charge in [0, 0.05) is 17.7 Å². The quantitative estimate of drug-likeness (QED) is 0.619. The average Bonchev–Trinajstić information content (AvgIpc) is 2.47. The Balaban J connectivity index is 2.60. The van der Waals surface area contributed by atoms with Crippen LogP contribution in [-0.4, -0.2) is 19.4 Å². The molecule has 7 heteroatoms. The maximum absolute atomic E-state index is 13.0. The number of anilines is 1. The largest absolute Gasteiger partial charge is 0.273 e. The van der Waals surface area contributed by atoms with Gasteiger partial charge in [-0.3, -0.25) is 14.4 Å². The standard InChI is InChI=1S/C16H18N2O4S/c1-12(2)17(14-7-5-4-6-8-14)23(21,22)15-10-9-13(3)16(11-15)18(19)20/h4-12H,1-3H3. The van der Waals surface area contributed by atoms with Crippen molar-refractivity contribution in [3.63, 3.8) is 0 Å². The number of aryl methyl sites for hydroxylation is 1. The molecule has 0 heterocycles. The number of hydrogen-bond donors (Lipinski definition) is 0. The second-order valence-corrected chi connectivity index (χ2v) is 7.25. The van der Waals surface area contributed by atoms with E-state index in [0.29, 0.717) is 11.3 Å². The van der Waals surface area contributed by atoms with Crippen LogP contribution in [0, 0.1) is 17.0 Å². The molecule has 0 aliphatic rings. The van der Waals surface area contributed by atoms with Gasteiger partial charge in [-0.1, -0.05) is 24.3 Å². The van der Waals surface area contributed by atoms with Crippen LogP contribution in [0.1, 0.15) is 19.4 Å². The number of benzene rings is 2. The van der Waals surface area contributed by atoms with Crippen LogP contribution < -0.4 is 4.31 Å². The van der Waals surface area contributed by atoms with Crippen LogP contribution in [0.15, 0.2) is 53.4 Å². The third-order valence-corrected chi connectivity index (χ3v) is 5.41. The van der Waals surface area contributed by atoms with Crippen molar-refractivity contribution >= 4 is 21.4 Å². The summed E-state index contributed by atoms with van der Waals surface area (Å²) in [6, 6.07) is 12.3. The lowest BCUT2D eigenvalue weighted by atomic mass is 10.2. The molecule has 2 rings (SSSR count). The SMILES string of the molecule is Cc1ccc(S(=O)(=O)N(c2ccccc2)C(C)C)cc1[N+](=O)[O-]. The van der Waals surface area contributed by atoms with Gasteiger partial charge in [-0.25, -0.2) is 8.42 Å². The van der Waals surface area contributed by atoms with E-state index in [1.54, 1.807) is 51.1 Å². The van der Waals surface area contributed by atoms with Gasteiger partial charge in [0.2, 0.25) is 0 Å². The van der Waals surface area contributed by atoms with Crippen LogP contribution in [0.2, 0.25) is 0 Å². The zero-order chi connectivity index (χ0) is 17.2. The van der Waals surface area contributed by atoms with Gasteiger partial charge in [-0.05, 0) is 39.0 Å². The molecule has 0 amide bonds. The van der Waals surface area contributed by atoms with Gasteiger partial charge >= 0.3 is 0 Å². The van der Waals surface area contributed by atoms with E-state index >= 15 is 0 Å². The highest BCUT2D eigenvalue weighted by Gasteiger charge is 2.29. The first-order chi connectivity index (χ1) is 10.7. The smallest absolute Gasteiger partial charge is 0.264 e. The molecule has 0 fully saturated rings. The van der Waals surface area contributed by atoms with Crippen LogP contribution >= 0.6 is 0 Å². The van der Waals surface area contributed by atoms with Gasteiger partial charge in [0.15, 0.2) is 0 Å². The molecule has 0 aliphatic heterocycles. The van der Waals surface area contributed by atoms with Crippen LogP contribution in [0.25, 0.3) is 0 Å². The summed E-state index contributed by atoms with van der Waals surface area (Å²) < 4.78 is 27.2. The van der Waals surface area contributed by atoms with Crippen molar-refractivity contribution < 1.29 is 13.3 Å². The molecule has 2 aromatic rings. The van der Waals surface area contributed by atoms with Crippen molar-refractivity contribution in [2.24, 2.45) is 0 Å². The third kappa shape index (κ3) is 3.34. The summed E-state index contributed by atoms with van der Waals surface area (Å²) in [7, 11) is -3.90. The van der Waals surface area contributed by atoms with E-state index in [1.807, 2.05) is 0 Å². The molecule has 0 saturated heterocycles. The Morgan fingerprint density at radius 3 is 2.22 bits per heavy atom. The molecule has 0 radical (unpaired) electrons. The lowest BCUT2D eigenvalue weighted by Crippen LogP contribution is -2.37. The molecule has 0 aromatic heterocycles. The Hall–Kier alpha value is -2.41. The second-order valence-electron chi connectivity index (χ2n) is 5.44. The zero-order valence-corrected chi connectivity index (χ0v) is 13.9. The molecule has 0 saturated carbocycles. The predicted octanol–water partition coefficient (Wildman–Crippen LogP) is 3.51. The maximum atomic E-state index is 13.0. The van der Waals surface area contributed by atoms with Crippen molar-refractivity contribution in [1.82, 2.24) is 0 Å². The monoisotopic (exact) mass is 334 g/mol. The van der Waals surface area contributed by atoms with E-state index in [1.165, 1.54) is 16.4 Å². The molecular weight excluding hydrogens is 316 g/mol. The van der Waals surface area contributed by atoms with Crippen LogP contribution in [0.3, 0.4) is 0 Å². The second kappa shape index (κ2) is 6.37. The van der Waals surface area contributed by atoms with Gasteiger partial charge < -0.3 is 0 Å². The number of nitro groups is 1. The van der Waals surface area contributed by atoms with Crippen molar-refractivity contribution in [3.8, 4) is 0 Å². The molecule has 0 N–H and O–H groups in total. The summed E-state index contributed by atoms with van der Waals surface area (Å²) in [4.78, 5) is 10.4. The molecular formula is C16H18N2O4S. The summed E-state index contributed by atoms with van der Waals surface area (Å²) in [6.45, 7) is 5.09. The van der Waals surface area contributed by atoms with E-state index in [-0.39, 0.29) is 16.6 Å². The van der Waals surface area contributed by atoms with Gasteiger partial charge in [0.1, 0.15) is 0 Å². The lowest BCUT2D eigenvalue weighted by molar-refractivity contribution is -0.385. The first-order valence-corrected chi connectivity index (χ1v) is 8.53. The summed E-state index contributed by atoms with van der Waals surface area (Å²) in [5, 5.41) is 11.1. The van der Waals surface area contributed by atoms with E-state index in [0.717, 1.165) is 6.07 Å². The summed E-state index contributed by atoms with van der Waals surface area (Å²) >= 11 is 0. The first-order valence-electron chi connectivity index (χ1n) is 7.09. The van der Waals surface area contributed by atoms with E-state index in [9.17, 15) is 18.5 Å². The zero-order valence-electron chi connectivity index (χ0n) is 13.1. The highest BCUT2D eigenvalue weighted by Crippen LogP contribution is 2.29. The topological polar surface area (TPSA) is 80.5 Å². The molecule has 23 heavy (non-hydrogen) atoms. The van der Waals surface area contributed by atoms with Crippen LogP contribution in [0.5, 0.6) is 0 Å². The third-order valence-electron chi connectivity index (χ3n) is 3.41. The van der Waals surface area contributed by atoms with Crippen LogP contribution in [-0.2, 0) is 10.0 Å². The number of hydrogen-bond acceptors (Lipinski definition) is 4. The fraction of sp³-hybridized carbons (Fsp3) is 0.250. The fourth-order valence-corrected chi connectivity index (χ4v) is 4.03. The summed E-state index contributed by atoms with van der Waals surface area (Å²) in [6.07, 6.45) is 0. The van der Waals surface area contributed by atoms with Gasteiger partial charge in [0.25, 0.3) is 15.7 Å². The molecule has 0 bridgehead atoms. The molecule has 0 unspecified atom stereocenters. The van der Waals surface area contributed by atoms with Gasteiger partial charge in [-0.15, -0.1) is 0 Å². The Morgan fingerprint density at radius 2 is 1.70 bits per heavy atom. The number of nitro benzene ring substituents is 1. The Labute approximate surface area is 135 Å². The Bertz CT molecular complexity index is 817. The minimum absolute atomic E-state index is 0.0904. The van der Waals surface area contributed by atoms with E-state index < -0.39 is 14.9 Å². The van der Waals surface area contributed by atoms with Gasteiger partial charge in [-0.2, -0.15) is 0 Å². The molecule has 2 aromatic carbocycles. The van der Waals surface area contributed by atoms with Crippen molar-refractivity contribution in [3.05, 3.63) is 64.2 Å². The van der Waals surface area contributed by atoms with E-state index in [4.69, 9.17) is 0 Å². The molecule has 0 spiro atoms. The van der Waals surface area contributed by atoms with Crippen molar-refractivity contribution in [2.75, 3.05) is 4.31 Å². The molecule has 6 nitrogen and oxygen atoms in total. The van der Waals surface area contributed by atoms with Crippen LogP contribution in [0.4, 0.5) is 11.4 Å². The fourth-order valence-electron chi connectivity index (χ4n) is 2.35. The minimum Gasteiger partial charge on any atom is -0.264 e. The predicted molar refractivity (Wildman–Crippen MR) is 89.1 cm³/mol. The lowest BCUT2D eigenvalue weighted by Gasteiger charge is -2.28. The van der Waals surface area contributed by atoms with Gasteiger partial charge in [0.05, 0.1) is 15.5 Å². The first kappa shape index (κ1) is 17.0. The van der Waals surface area contributed by atoms with E-state index in [2.05, 4.69) is 0 Å². The normalized spacial score (nSPS) is 11.5. The number of para-hydroxylation sites is 1. The number of sulfonamides is 1. The highest BCUT2D eigenvalue weighted by molar-refractivity contribution is 7.92. The maximum Gasteiger partial charge on any atom is 0.273 e. The highest BCUT2D eigenvalue weighted by atomic mass is 32.2. The summed E-state index contributed by atoms with van der Waals surface area (Å²) in [5.74, 6) is 0. The van der Waals surface area contributed by atoms with Crippen molar-refractivity contribution in [2.45, 2.75) is 31.7 Å². The molecule has 0 aliphatic carbocycles. The Morgan fingerprint density at radius 1 is 1.09 bits per heavy atom. The van der Waals surface area contributed by atoms with Crippen molar-refractivity contribution in [1.29, 1.82) is 0 Å². The average molecular weight is 334 g/mol. The minimum atomic E-state index is -3.90. The molecule has 122 valence electrons. The number of nitrogens with zero attached hydrogens (tertiary/aromatic N) is 2. The summed E-state index contributed by atoms with van der Waals surface area (Å²) in [5.41, 5.74) is 0.735.